The second-order valence-corrected chi connectivity index (χ2v) is 5.17. The fraction of sp³-hybridized carbons (Fsp3) is 0.214. The number of aryl methyl sites for hydroxylation is 1. The molecule has 1 aromatic carbocycles. The third kappa shape index (κ3) is 2.90. The summed E-state index contributed by atoms with van der Waals surface area (Å²) in [6.07, 6.45) is -4.45. The molecule has 0 aliphatic carbocycles. The van der Waals surface area contributed by atoms with Crippen molar-refractivity contribution in [2.24, 2.45) is 7.05 Å². The lowest BCUT2D eigenvalue weighted by molar-refractivity contribution is -0.137. The number of nitrogens with one attached hydrogen (secondary N) is 3. The number of benzene rings is 1. The maximum Gasteiger partial charge on any atom is 0.416 e. The zero-order chi connectivity index (χ0) is 17.5. The van der Waals surface area contributed by atoms with Crippen LogP contribution in [-0.4, -0.2) is 25.7 Å². The molecule has 1 amide bonds. The van der Waals surface area contributed by atoms with Crippen LogP contribution in [0.1, 0.15) is 21.9 Å². The van der Waals surface area contributed by atoms with Crippen molar-refractivity contribution in [1.82, 2.24) is 25.1 Å². The standard InChI is InChI=1S/C14H12F3N5O2/c1-22-9-3-2-8(14(15,16)17)4-7(9)5-10(22)12(23)18-6-11-19-13(24)21-20-11/h2-5H,6H2,1H3,(H,18,23)(H2,19,20,21,24). The minimum atomic E-state index is -4.45. The first-order valence-electron chi connectivity index (χ1n) is 6.84. The lowest BCUT2D eigenvalue weighted by Crippen LogP contribution is -2.25. The molecule has 3 N–H and O–H groups in total. The molecule has 24 heavy (non-hydrogen) atoms. The predicted molar refractivity (Wildman–Crippen MR) is 78.3 cm³/mol. The van der Waals surface area contributed by atoms with E-state index in [1.165, 1.54) is 16.7 Å². The number of amides is 1. The number of carbonyl (C=O) groups is 1. The molecule has 0 aliphatic rings. The van der Waals surface area contributed by atoms with Gasteiger partial charge in [-0.3, -0.25) is 9.78 Å². The van der Waals surface area contributed by atoms with Gasteiger partial charge >= 0.3 is 11.9 Å². The van der Waals surface area contributed by atoms with Crippen LogP contribution in [0.2, 0.25) is 0 Å². The minimum Gasteiger partial charge on any atom is -0.343 e. The highest BCUT2D eigenvalue weighted by atomic mass is 19.4. The SMILES string of the molecule is Cn1c(C(=O)NCc2n[nH]c(=O)[nH]2)cc2cc(C(F)(F)F)ccc21. The van der Waals surface area contributed by atoms with Crippen molar-refractivity contribution in [3.63, 3.8) is 0 Å². The van der Waals surface area contributed by atoms with E-state index in [1.54, 1.807) is 7.05 Å². The number of hydrogen-bond acceptors (Lipinski definition) is 3. The Labute approximate surface area is 132 Å². The third-order valence-corrected chi connectivity index (χ3v) is 3.57. The summed E-state index contributed by atoms with van der Waals surface area (Å²) < 4.78 is 39.8. The molecule has 0 atom stereocenters. The summed E-state index contributed by atoms with van der Waals surface area (Å²) in [6, 6.07) is 4.67. The van der Waals surface area contributed by atoms with Gasteiger partial charge in [0, 0.05) is 18.0 Å². The number of halogens is 3. The van der Waals surface area contributed by atoms with Crippen LogP contribution in [0.15, 0.2) is 29.1 Å². The van der Waals surface area contributed by atoms with E-state index in [9.17, 15) is 22.8 Å². The molecule has 0 bridgehead atoms. The molecule has 0 saturated heterocycles. The number of aromatic amines is 2. The van der Waals surface area contributed by atoms with Crippen LogP contribution in [-0.2, 0) is 19.8 Å². The van der Waals surface area contributed by atoms with Crippen molar-refractivity contribution in [2.45, 2.75) is 12.7 Å². The summed E-state index contributed by atoms with van der Waals surface area (Å²) in [5.41, 5.74) is -0.575. The Morgan fingerprint density at radius 3 is 2.71 bits per heavy atom. The van der Waals surface area contributed by atoms with Gasteiger partial charge < -0.3 is 9.88 Å². The van der Waals surface area contributed by atoms with Gasteiger partial charge in [0.1, 0.15) is 11.5 Å². The first-order chi connectivity index (χ1) is 11.3. The van der Waals surface area contributed by atoms with Crippen molar-refractivity contribution in [2.75, 3.05) is 0 Å². The molecule has 126 valence electrons. The van der Waals surface area contributed by atoms with Gasteiger partial charge in [-0.1, -0.05) is 0 Å². The number of alkyl halides is 3. The second kappa shape index (κ2) is 5.55. The average molecular weight is 339 g/mol. The van der Waals surface area contributed by atoms with Crippen LogP contribution in [0.3, 0.4) is 0 Å². The normalized spacial score (nSPS) is 11.8. The van der Waals surface area contributed by atoms with E-state index in [0.29, 0.717) is 10.9 Å². The number of hydrogen-bond donors (Lipinski definition) is 3. The van der Waals surface area contributed by atoms with Crippen LogP contribution in [0.25, 0.3) is 10.9 Å². The first-order valence-corrected chi connectivity index (χ1v) is 6.84. The van der Waals surface area contributed by atoms with Gasteiger partial charge in [0.15, 0.2) is 0 Å². The Kier molecular flexibility index (Phi) is 3.66. The summed E-state index contributed by atoms with van der Waals surface area (Å²) in [5.74, 6) is -0.252. The molecule has 3 aromatic rings. The quantitative estimate of drug-likeness (QED) is 0.675. The molecule has 0 fully saturated rings. The molecule has 0 saturated carbocycles. The molecule has 0 aliphatic heterocycles. The van der Waals surface area contributed by atoms with Crippen molar-refractivity contribution in [3.05, 3.63) is 51.8 Å². The van der Waals surface area contributed by atoms with Gasteiger partial charge in [-0.2, -0.15) is 18.3 Å². The van der Waals surface area contributed by atoms with E-state index in [4.69, 9.17) is 0 Å². The molecule has 2 aromatic heterocycles. The number of nitrogens with zero attached hydrogens (tertiary/aromatic N) is 2. The van der Waals surface area contributed by atoms with Gasteiger partial charge in [0.05, 0.1) is 12.1 Å². The van der Waals surface area contributed by atoms with E-state index in [-0.39, 0.29) is 18.1 Å². The van der Waals surface area contributed by atoms with Gasteiger partial charge in [-0.05, 0) is 24.3 Å². The van der Waals surface area contributed by atoms with Crippen molar-refractivity contribution in [3.8, 4) is 0 Å². The zero-order valence-corrected chi connectivity index (χ0v) is 12.4. The Bertz CT molecular complexity index is 967. The molecule has 7 nitrogen and oxygen atoms in total. The molecular formula is C14H12F3N5O2. The number of H-pyrrole nitrogens is 2. The summed E-state index contributed by atoms with van der Waals surface area (Å²) in [4.78, 5) is 25.5. The van der Waals surface area contributed by atoms with Crippen molar-refractivity contribution >= 4 is 16.8 Å². The molecular weight excluding hydrogens is 327 g/mol. The number of aromatic nitrogens is 4. The number of carbonyl (C=O) groups excluding carboxylic acids is 1. The summed E-state index contributed by atoms with van der Waals surface area (Å²) in [5, 5.41) is 8.66. The fourth-order valence-corrected chi connectivity index (χ4v) is 2.39. The highest BCUT2D eigenvalue weighted by molar-refractivity contribution is 5.98. The van der Waals surface area contributed by atoms with Crippen LogP contribution >= 0.6 is 0 Å². The minimum absolute atomic E-state index is 0.0209. The molecule has 0 spiro atoms. The average Bonchev–Trinajstić information content (AvgIpc) is 3.07. The van der Waals surface area contributed by atoms with Gasteiger partial charge in [-0.25, -0.2) is 9.89 Å². The molecule has 0 radical (unpaired) electrons. The van der Waals surface area contributed by atoms with E-state index in [0.717, 1.165) is 12.1 Å². The van der Waals surface area contributed by atoms with Gasteiger partial charge in [0.2, 0.25) is 0 Å². The lowest BCUT2D eigenvalue weighted by Gasteiger charge is -2.07. The highest BCUT2D eigenvalue weighted by Crippen LogP contribution is 2.32. The van der Waals surface area contributed by atoms with Gasteiger partial charge in [-0.15, -0.1) is 0 Å². The summed E-state index contributed by atoms with van der Waals surface area (Å²) >= 11 is 0. The van der Waals surface area contributed by atoms with Gasteiger partial charge in [0.25, 0.3) is 5.91 Å². The van der Waals surface area contributed by atoms with E-state index in [2.05, 4.69) is 20.5 Å². The van der Waals surface area contributed by atoms with Crippen molar-refractivity contribution in [1.29, 1.82) is 0 Å². The van der Waals surface area contributed by atoms with Crippen LogP contribution in [0, 0.1) is 0 Å². The molecule has 2 heterocycles. The molecule has 10 heteroatoms. The first kappa shape index (κ1) is 15.8. The van der Waals surface area contributed by atoms with E-state index >= 15 is 0 Å². The lowest BCUT2D eigenvalue weighted by atomic mass is 10.1. The topological polar surface area (TPSA) is 95.6 Å². The Morgan fingerprint density at radius 2 is 2.08 bits per heavy atom. The Balaban J connectivity index is 1.87. The fourth-order valence-electron chi connectivity index (χ4n) is 2.39. The third-order valence-electron chi connectivity index (χ3n) is 3.57. The zero-order valence-electron chi connectivity index (χ0n) is 12.4. The highest BCUT2D eigenvalue weighted by Gasteiger charge is 2.30. The smallest absolute Gasteiger partial charge is 0.343 e. The summed E-state index contributed by atoms with van der Waals surface area (Å²) in [6.45, 7) is -0.0209. The van der Waals surface area contributed by atoms with Crippen LogP contribution in [0.5, 0.6) is 0 Å². The maximum atomic E-state index is 12.8. The molecule has 3 rings (SSSR count). The maximum absolute atomic E-state index is 12.8. The molecule has 0 unspecified atom stereocenters. The second-order valence-electron chi connectivity index (χ2n) is 5.17. The Morgan fingerprint density at radius 1 is 1.33 bits per heavy atom. The van der Waals surface area contributed by atoms with Crippen molar-refractivity contribution < 1.29 is 18.0 Å². The largest absolute Gasteiger partial charge is 0.416 e. The van der Waals surface area contributed by atoms with Crippen LogP contribution in [0.4, 0.5) is 13.2 Å². The number of rotatable bonds is 3. The Hall–Kier alpha value is -3.04. The number of fused-ring (bicyclic) bond motifs is 1. The van der Waals surface area contributed by atoms with Crippen LogP contribution < -0.4 is 11.0 Å². The monoisotopic (exact) mass is 339 g/mol. The predicted octanol–water partition coefficient (Wildman–Crippen LogP) is 1.54. The van der Waals surface area contributed by atoms with E-state index in [1.807, 2.05) is 0 Å². The van der Waals surface area contributed by atoms with E-state index < -0.39 is 23.3 Å². The summed E-state index contributed by atoms with van der Waals surface area (Å²) in [7, 11) is 1.58.